The van der Waals surface area contributed by atoms with Gasteiger partial charge in [-0.2, -0.15) is 13.2 Å². The van der Waals surface area contributed by atoms with E-state index in [1.54, 1.807) is 17.0 Å². The summed E-state index contributed by atoms with van der Waals surface area (Å²) in [5.74, 6) is -1.59. The van der Waals surface area contributed by atoms with Crippen molar-refractivity contribution in [3.05, 3.63) is 28.2 Å². The molecule has 1 amide bonds. The van der Waals surface area contributed by atoms with Crippen molar-refractivity contribution in [2.45, 2.75) is 19.0 Å². The van der Waals surface area contributed by atoms with Gasteiger partial charge in [-0.1, -0.05) is 23.2 Å². The quantitative estimate of drug-likeness (QED) is 0.881. The summed E-state index contributed by atoms with van der Waals surface area (Å²) in [4.78, 5) is 13.7. The van der Waals surface area contributed by atoms with Crippen LogP contribution in [0.4, 0.5) is 18.9 Å². The highest BCUT2D eigenvalue weighted by molar-refractivity contribution is 6.35. The molecule has 122 valence electrons. The second-order valence-electron chi connectivity index (χ2n) is 5.26. The molecule has 0 bridgehead atoms. The molecule has 0 radical (unpaired) electrons. The van der Waals surface area contributed by atoms with Gasteiger partial charge < -0.3 is 5.32 Å². The summed E-state index contributed by atoms with van der Waals surface area (Å²) in [6.07, 6.45) is -4.11. The fourth-order valence-electron chi connectivity index (χ4n) is 2.40. The molecule has 1 heterocycles. The van der Waals surface area contributed by atoms with E-state index < -0.39 is 12.1 Å². The Morgan fingerprint density at radius 1 is 1.27 bits per heavy atom. The third kappa shape index (κ3) is 4.76. The van der Waals surface area contributed by atoms with Gasteiger partial charge in [0.25, 0.3) is 0 Å². The van der Waals surface area contributed by atoms with Crippen molar-refractivity contribution in [2.75, 3.05) is 25.0 Å². The van der Waals surface area contributed by atoms with Crippen LogP contribution < -0.4 is 5.32 Å². The number of likely N-dealkylation sites (tertiary alicyclic amines) is 1. The van der Waals surface area contributed by atoms with Crippen LogP contribution in [0.3, 0.4) is 0 Å². The first-order valence-corrected chi connectivity index (χ1v) is 7.55. The van der Waals surface area contributed by atoms with E-state index in [9.17, 15) is 18.0 Å². The predicted molar refractivity (Wildman–Crippen MR) is 80.3 cm³/mol. The molecule has 1 fully saturated rings. The minimum absolute atomic E-state index is 0.0225. The molecule has 0 spiro atoms. The lowest BCUT2D eigenvalue weighted by atomic mass is 9.96. The van der Waals surface area contributed by atoms with Crippen molar-refractivity contribution in [1.29, 1.82) is 0 Å². The van der Waals surface area contributed by atoms with Gasteiger partial charge in [0.1, 0.15) is 0 Å². The van der Waals surface area contributed by atoms with Crippen LogP contribution in [-0.4, -0.2) is 36.6 Å². The van der Waals surface area contributed by atoms with Crippen molar-refractivity contribution in [1.82, 2.24) is 4.90 Å². The van der Waals surface area contributed by atoms with Crippen LogP contribution in [0.25, 0.3) is 0 Å². The molecular weight excluding hydrogens is 340 g/mol. The highest BCUT2D eigenvalue weighted by Gasteiger charge is 2.41. The van der Waals surface area contributed by atoms with Crippen LogP contribution in [0, 0.1) is 5.92 Å². The maximum Gasteiger partial charge on any atom is 0.391 e. The van der Waals surface area contributed by atoms with Crippen molar-refractivity contribution in [2.24, 2.45) is 5.92 Å². The SMILES string of the molecule is O=C(CN1CCC(C(F)(F)F)CC1)Nc1cc(Cl)ccc1Cl. The standard InChI is InChI=1S/C14H15Cl2F3N2O/c15-10-1-2-11(16)12(7-10)20-13(22)8-21-5-3-9(4-6-21)14(17,18)19/h1-2,7,9H,3-6,8H2,(H,20,22). The van der Waals surface area contributed by atoms with E-state index in [4.69, 9.17) is 23.2 Å². The normalized spacial score (nSPS) is 17.5. The van der Waals surface area contributed by atoms with Gasteiger partial charge in [0.2, 0.25) is 5.91 Å². The minimum Gasteiger partial charge on any atom is -0.324 e. The first kappa shape index (κ1) is 17.4. The van der Waals surface area contributed by atoms with Gasteiger partial charge in [0, 0.05) is 5.02 Å². The van der Waals surface area contributed by atoms with Crippen molar-refractivity contribution >= 4 is 34.8 Å². The molecule has 1 N–H and O–H groups in total. The molecule has 3 nitrogen and oxygen atoms in total. The summed E-state index contributed by atoms with van der Waals surface area (Å²) in [7, 11) is 0. The van der Waals surface area contributed by atoms with Crippen LogP contribution in [-0.2, 0) is 4.79 Å². The fourth-order valence-corrected chi connectivity index (χ4v) is 2.74. The highest BCUT2D eigenvalue weighted by Crippen LogP contribution is 2.34. The van der Waals surface area contributed by atoms with Crippen molar-refractivity contribution < 1.29 is 18.0 Å². The number of carbonyl (C=O) groups is 1. The van der Waals surface area contributed by atoms with Gasteiger partial charge in [-0.05, 0) is 44.1 Å². The summed E-state index contributed by atoms with van der Waals surface area (Å²) >= 11 is 11.8. The lowest BCUT2D eigenvalue weighted by Gasteiger charge is -2.32. The Kier molecular flexibility index (Phi) is 5.58. The lowest BCUT2D eigenvalue weighted by Crippen LogP contribution is -2.42. The molecule has 0 aliphatic carbocycles. The Balaban J connectivity index is 1.85. The molecule has 8 heteroatoms. The molecule has 0 saturated carbocycles. The van der Waals surface area contributed by atoms with E-state index in [0.717, 1.165) is 0 Å². The maximum absolute atomic E-state index is 12.6. The number of benzene rings is 1. The second-order valence-corrected chi connectivity index (χ2v) is 6.11. The van der Waals surface area contributed by atoms with Crippen LogP contribution in [0.15, 0.2) is 18.2 Å². The Morgan fingerprint density at radius 2 is 1.91 bits per heavy atom. The second kappa shape index (κ2) is 7.06. The van der Waals surface area contributed by atoms with Crippen LogP contribution in [0.1, 0.15) is 12.8 Å². The van der Waals surface area contributed by atoms with Gasteiger partial charge in [-0.25, -0.2) is 0 Å². The number of hydrogen-bond acceptors (Lipinski definition) is 2. The van der Waals surface area contributed by atoms with Crippen LogP contribution in [0.5, 0.6) is 0 Å². The fraction of sp³-hybridized carbons (Fsp3) is 0.500. The topological polar surface area (TPSA) is 32.3 Å². The lowest BCUT2D eigenvalue weighted by molar-refractivity contribution is -0.184. The third-order valence-electron chi connectivity index (χ3n) is 3.62. The van der Waals surface area contributed by atoms with Gasteiger partial charge in [0.05, 0.1) is 23.2 Å². The number of rotatable bonds is 3. The number of anilines is 1. The minimum atomic E-state index is -4.15. The molecular formula is C14H15Cl2F3N2O. The largest absolute Gasteiger partial charge is 0.391 e. The number of halogens is 5. The summed E-state index contributed by atoms with van der Waals surface area (Å²) in [5, 5.41) is 3.41. The van der Waals surface area contributed by atoms with Crippen LogP contribution >= 0.6 is 23.2 Å². The summed E-state index contributed by atoms with van der Waals surface area (Å²) in [6, 6.07) is 4.69. The maximum atomic E-state index is 12.6. The summed E-state index contributed by atoms with van der Waals surface area (Å²) < 4.78 is 37.7. The zero-order valence-electron chi connectivity index (χ0n) is 11.6. The Morgan fingerprint density at radius 3 is 2.50 bits per heavy atom. The van der Waals surface area contributed by atoms with Gasteiger partial charge in [-0.3, -0.25) is 9.69 Å². The smallest absolute Gasteiger partial charge is 0.324 e. The Labute approximate surface area is 136 Å². The molecule has 0 atom stereocenters. The predicted octanol–water partition coefficient (Wildman–Crippen LogP) is 4.21. The molecule has 1 aliphatic rings. The van der Waals surface area contributed by atoms with E-state index in [1.807, 2.05) is 0 Å². The van der Waals surface area contributed by atoms with Crippen molar-refractivity contribution in [3.8, 4) is 0 Å². The summed E-state index contributed by atoms with van der Waals surface area (Å²) in [5.41, 5.74) is 0.393. The van der Waals surface area contributed by atoms with Crippen molar-refractivity contribution in [3.63, 3.8) is 0 Å². The van der Waals surface area contributed by atoms with E-state index >= 15 is 0 Å². The number of piperidine rings is 1. The first-order valence-electron chi connectivity index (χ1n) is 6.79. The van der Waals surface area contributed by atoms with E-state index in [0.29, 0.717) is 15.7 Å². The molecule has 2 rings (SSSR count). The average molecular weight is 355 g/mol. The third-order valence-corrected chi connectivity index (χ3v) is 4.18. The Hall–Kier alpha value is -0.980. The average Bonchev–Trinajstić information content (AvgIpc) is 2.42. The van der Waals surface area contributed by atoms with Crippen LogP contribution in [0.2, 0.25) is 10.0 Å². The van der Waals surface area contributed by atoms with Gasteiger partial charge in [0.15, 0.2) is 0 Å². The molecule has 1 aromatic rings. The number of nitrogens with one attached hydrogen (secondary N) is 1. The number of nitrogens with zero attached hydrogens (tertiary/aromatic N) is 1. The number of carbonyl (C=O) groups excluding carboxylic acids is 1. The van der Waals surface area contributed by atoms with E-state index in [2.05, 4.69) is 5.32 Å². The number of hydrogen-bond donors (Lipinski definition) is 1. The van der Waals surface area contributed by atoms with Gasteiger partial charge in [-0.15, -0.1) is 0 Å². The number of alkyl halides is 3. The van der Waals surface area contributed by atoms with Gasteiger partial charge >= 0.3 is 6.18 Å². The monoisotopic (exact) mass is 354 g/mol. The van der Waals surface area contributed by atoms with E-state index in [1.165, 1.54) is 6.07 Å². The molecule has 0 unspecified atom stereocenters. The first-order chi connectivity index (χ1) is 10.3. The molecule has 22 heavy (non-hydrogen) atoms. The highest BCUT2D eigenvalue weighted by atomic mass is 35.5. The zero-order valence-corrected chi connectivity index (χ0v) is 13.1. The Bertz CT molecular complexity index is 543. The molecule has 1 aliphatic heterocycles. The molecule has 1 saturated heterocycles. The molecule has 0 aromatic heterocycles. The number of amides is 1. The zero-order chi connectivity index (χ0) is 16.3. The molecule has 1 aromatic carbocycles. The van der Waals surface area contributed by atoms with E-state index in [-0.39, 0.29) is 38.4 Å². The summed E-state index contributed by atoms with van der Waals surface area (Å²) in [6.45, 7) is 0.537.